The van der Waals surface area contributed by atoms with Gasteiger partial charge in [-0.25, -0.2) is 13.8 Å². The second kappa shape index (κ2) is 6.87. The Morgan fingerprint density at radius 2 is 1.87 bits per heavy atom. The molecule has 0 aliphatic carbocycles. The minimum Gasteiger partial charge on any atom is -0.353 e. The van der Waals surface area contributed by atoms with E-state index in [9.17, 15) is 8.78 Å². The predicted octanol–water partition coefficient (Wildman–Crippen LogP) is 2.88. The number of hydrogen-bond donors (Lipinski definition) is 1. The molecule has 2 heterocycles. The summed E-state index contributed by atoms with van der Waals surface area (Å²) in [5.74, 6) is -0.321. The van der Waals surface area contributed by atoms with E-state index in [1.165, 1.54) is 12.1 Å². The number of halogens is 2. The number of piperazine rings is 1. The molecule has 1 aliphatic rings. The van der Waals surface area contributed by atoms with Crippen molar-refractivity contribution in [2.75, 3.05) is 36.4 Å². The topological polar surface area (TPSA) is 31.4 Å². The van der Waals surface area contributed by atoms with E-state index in [0.717, 1.165) is 25.0 Å². The highest BCUT2D eigenvalue weighted by Crippen LogP contribution is 2.17. The van der Waals surface area contributed by atoms with Gasteiger partial charge >= 0.3 is 0 Å². The first-order chi connectivity index (χ1) is 11.1. The van der Waals surface area contributed by atoms with Crippen molar-refractivity contribution < 1.29 is 8.78 Å². The zero-order chi connectivity index (χ0) is 16.2. The molecule has 120 valence electrons. The molecule has 1 saturated heterocycles. The lowest BCUT2D eigenvalue weighted by Gasteiger charge is -2.36. The van der Waals surface area contributed by atoms with Gasteiger partial charge in [0.15, 0.2) is 5.11 Å². The minimum atomic E-state index is -0.653. The Balaban J connectivity index is 1.58. The molecule has 1 aromatic carbocycles. The van der Waals surface area contributed by atoms with Gasteiger partial charge in [-0.05, 0) is 36.5 Å². The fraction of sp³-hybridized carbons (Fsp3) is 0.250. The van der Waals surface area contributed by atoms with Gasteiger partial charge in [0.2, 0.25) is 0 Å². The van der Waals surface area contributed by atoms with Crippen molar-refractivity contribution in [1.82, 2.24) is 9.88 Å². The number of thiocarbonyl (C=S) groups is 1. The highest BCUT2D eigenvalue weighted by Gasteiger charge is 2.20. The van der Waals surface area contributed by atoms with Gasteiger partial charge in [-0.3, -0.25) is 0 Å². The number of rotatable bonds is 2. The van der Waals surface area contributed by atoms with Crippen molar-refractivity contribution in [3.8, 4) is 0 Å². The zero-order valence-electron chi connectivity index (χ0n) is 12.4. The van der Waals surface area contributed by atoms with Crippen LogP contribution in [0.15, 0.2) is 42.6 Å². The molecule has 0 bridgehead atoms. The Morgan fingerprint density at radius 3 is 2.52 bits per heavy atom. The molecule has 0 spiro atoms. The molecule has 2 aromatic rings. The third-order valence-corrected chi connectivity index (χ3v) is 4.07. The van der Waals surface area contributed by atoms with Crippen molar-refractivity contribution in [3.63, 3.8) is 0 Å². The predicted molar refractivity (Wildman–Crippen MR) is 90.6 cm³/mol. The summed E-state index contributed by atoms with van der Waals surface area (Å²) in [6.45, 7) is 2.99. The molecule has 4 nitrogen and oxygen atoms in total. The lowest BCUT2D eigenvalue weighted by atomic mass is 10.3. The maximum Gasteiger partial charge on any atom is 0.173 e. The van der Waals surface area contributed by atoms with Crippen molar-refractivity contribution in [1.29, 1.82) is 0 Å². The van der Waals surface area contributed by atoms with E-state index in [-0.39, 0.29) is 5.69 Å². The van der Waals surface area contributed by atoms with E-state index in [4.69, 9.17) is 12.2 Å². The standard InChI is InChI=1S/C16H16F2N4S/c17-12-4-5-14(13(18)11-12)20-16(23)22-9-7-21(8-10-22)15-3-1-2-6-19-15/h1-6,11H,7-10H2,(H,20,23). The van der Waals surface area contributed by atoms with Crippen LogP contribution in [0.2, 0.25) is 0 Å². The number of nitrogens with one attached hydrogen (secondary N) is 1. The van der Waals surface area contributed by atoms with Gasteiger partial charge in [0.05, 0.1) is 5.69 Å². The van der Waals surface area contributed by atoms with Crippen LogP contribution in [0.4, 0.5) is 20.3 Å². The third-order valence-electron chi connectivity index (χ3n) is 3.71. The molecule has 1 N–H and O–H groups in total. The van der Waals surface area contributed by atoms with Gasteiger partial charge in [-0.1, -0.05) is 6.07 Å². The summed E-state index contributed by atoms with van der Waals surface area (Å²) in [5, 5.41) is 3.28. The number of aromatic nitrogens is 1. The van der Waals surface area contributed by atoms with Crippen LogP contribution >= 0.6 is 12.2 Å². The van der Waals surface area contributed by atoms with Crippen LogP contribution in [0.5, 0.6) is 0 Å². The van der Waals surface area contributed by atoms with E-state index in [0.29, 0.717) is 18.2 Å². The molecule has 1 fully saturated rings. The molecule has 0 unspecified atom stereocenters. The van der Waals surface area contributed by atoms with Gasteiger partial charge in [0.1, 0.15) is 17.5 Å². The van der Waals surface area contributed by atoms with E-state index in [2.05, 4.69) is 15.2 Å². The smallest absolute Gasteiger partial charge is 0.173 e. The molecule has 1 aromatic heterocycles. The number of anilines is 2. The SMILES string of the molecule is Fc1ccc(NC(=S)N2CCN(c3ccccn3)CC2)c(F)c1. The van der Waals surface area contributed by atoms with E-state index < -0.39 is 11.6 Å². The summed E-state index contributed by atoms with van der Waals surface area (Å²) in [5.41, 5.74) is 0.184. The molecular formula is C16H16F2N4S. The summed E-state index contributed by atoms with van der Waals surface area (Å²) in [7, 11) is 0. The van der Waals surface area contributed by atoms with Crippen LogP contribution in [0.3, 0.4) is 0 Å². The Hall–Kier alpha value is -2.28. The average Bonchev–Trinajstić information content (AvgIpc) is 2.58. The molecular weight excluding hydrogens is 318 g/mol. The molecule has 3 rings (SSSR count). The number of nitrogens with zero attached hydrogens (tertiary/aromatic N) is 3. The molecule has 1 aliphatic heterocycles. The van der Waals surface area contributed by atoms with Crippen molar-refractivity contribution >= 4 is 28.8 Å². The number of benzene rings is 1. The van der Waals surface area contributed by atoms with Gasteiger partial charge < -0.3 is 15.1 Å². The summed E-state index contributed by atoms with van der Waals surface area (Å²) >= 11 is 5.32. The average molecular weight is 334 g/mol. The molecule has 0 saturated carbocycles. The summed E-state index contributed by atoms with van der Waals surface area (Å²) in [4.78, 5) is 8.48. The van der Waals surface area contributed by atoms with Crippen LogP contribution in [-0.2, 0) is 0 Å². The van der Waals surface area contributed by atoms with Gasteiger partial charge in [0, 0.05) is 38.4 Å². The maximum absolute atomic E-state index is 13.7. The summed E-state index contributed by atoms with van der Waals surface area (Å²) < 4.78 is 26.6. The van der Waals surface area contributed by atoms with Gasteiger partial charge in [-0.2, -0.15) is 0 Å². The van der Waals surface area contributed by atoms with E-state index in [1.54, 1.807) is 6.20 Å². The van der Waals surface area contributed by atoms with Crippen LogP contribution in [-0.4, -0.2) is 41.2 Å². The maximum atomic E-state index is 13.7. The van der Waals surface area contributed by atoms with Crippen molar-refractivity contribution in [2.24, 2.45) is 0 Å². The normalized spacial score (nSPS) is 14.7. The van der Waals surface area contributed by atoms with Gasteiger partial charge in [-0.15, -0.1) is 0 Å². The molecule has 0 radical (unpaired) electrons. The van der Waals surface area contributed by atoms with Crippen molar-refractivity contribution in [3.05, 3.63) is 54.2 Å². The second-order valence-corrected chi connectivity index (χ2v) is 5.60. The summed E-state index contributed by atoms with van der Waals surface area (Å²) in [6, 6.07) is 9.20. The molecule has 23 heavy (non-hydrogen) atoms. The highest BCUT2D eigenvalue weighted by atomic mass is 32.1. The van der Waals surface area contributed by atoms with Crippen LogP contribution in [0, 0.1) is 11.6 Å². The fourth-order valence-electron chi connectivity index (χ4n) is 2.46. The first kappa shape index (κ1) is 15.6. The van der Waals surface area contributed by atoms with Crippen LogP contribution in [0.25, 0.3) is 0 Å². The Bertz CT molecular complexity index is 688. The lowest BCUT2D eigenvalue weighted by Crippen LogP contribution is -2.50. The third kappa shape index (κ3) is 3.73. The quantitative estimate of drug-likeness (QED) is 0.854. The van der Waals surface area contributed by atoms with Crippen LogP contribution in [0.1, 0.15) is 0 Å². The van der Waals surface area contributed by atoms with Gasteiger partial charge in [0.25, 0.3) is 0 Å². The number of hydrogen-bond acceptors (Lipinski definition) is 3. The lowest BCUT2D eigenvalue weighted by molar-refractivity contribution is 0.389. The minimum absolute atomic E-state index is 0.184. The van der Waals surface area contributed by atoms with E-state index in [1.807, 2.05) is 23.1 Å². The Kier molecular flexibility index (Phi) is 4.66. The van der Waals surface area contributed by atoms with Crippen LogP contribution < -0.4 is 10.2 Å². The molecule has 7 heteroatoms. The first-order valence-electron chi connectivity index (χ1n) is 7.30. The first-order valence-corrected chi connectivity index (χ1v) is 7.71. The zero-order valence-corrected chi connectivity index (χ0v) is 13.2. The second-order valence-electron chi connectivity index (χ2n) is 5.22. The summed E-state index contributed by atoms with van der Waals surface area (Å²) in [6.07, 6.45) is 1.77. The van der Waals surface area contributed by atoms with E-state index >= 15 is 0 Å². The monoisotopic (exact) mass is 334 g/mol. The number of pyridine rings is 1. The largest absolute Gasteiger partial charge is 0.353 e. The Labute approximate surface area is 138 Å². The highest BCUT2D eigenvalue weighted by molar-refractivity contribution is 7.80. The fourth-order valence-corrected chi connectivity index (χ4v) is 2.76. The Morgan fingerprint density at radius 1 is 1.09 bits per heavy atom. The molecule has 0 atom stereocenters. The van der Waals surface area contributed by atoms with Crippen molar-refractivity contribution in [2.45, 2.75) is 0 Å². The molecule has 0 amide bonds.